The van der Waals surface area contributed by atoms with Gasteiger partial charge in [0.1, 0.15) is 11.5 Å². The number of ether oxygens (including phenoxy) is 2. The third-order valence-electron chi connectivity index (χ3n) is 5.01. The normalized spacial score (nSPS) is 10.7. The van der Waals surface area contributed by atoms with Gasteiger partial charge >= 0.3 is 0 Å². The second-order valence-electron chi connectivity index (χ2n) is 7.39. The van der Waals surface area contributed by atoms with Gasteiger partial charge in [-0.05, 0) is 49.4 Å². The van der Waals surface area contributed by atoms with E-state index in [1.807, 2.05) is 60.0 Å². The monoisotopic (exact) mass is 494 g/mol. The number of amides is 1. The maximum atomic E-state index is 12.7. The van der Waals surface area contributed by atoms with Crippen LogP contribution >= 0.6 is 23.4 Å². The third kappa shape index (κ3) is 5.35. The van der Waals surface area contributed by atoms with Crippen LogP contribution in [0.2, 0.25) is 5.02 Å². The number of thioether (sulfide) groups is 1. The van der Waals surface area contributed by atoms with Gasteiger partial charge in [0.25, 0.3) is 0 Å². The largest absolute Gasteiger partial charge is 0.497 e. The fraction of sp³-hybridized carbons (Fsp3) is 0.160. The van der Waals surface area contributed by atoms with Crippen molar-refractivity contribution in [2.24, 2.45) is 0 Å². The predicted octanol–water partition coefficient (Wildman–Crippen LogP) is 5.64. The Bertz CT molecular complexity index is 1310. The van der Waals surface area contributed by atoms with E-state index in [2.05, 4.69) is 15.5 Å². The Hall–Kier alpha value is -3.49. The fourth-order valence-electron chi connectivity index (χ4n) is 3.38. The van der Waals surface area contributed by atoms with Crippen LogP contribution in [0.4, 0.5) is 5.69 Å². The lowest BCUT2D eigenvalue weighted by molar-refractivity contribution is -0.113. The summed E-state index contributed by atoms with van der Waals surface area (Å²) in [6.45, 7) is 2.03. The number of carbonyl (C=O) groups is 1. The minimum atomic E-state index is -0.198. The molecule has 1 N–H and O–H groups in total. The van der Waals surface area contributed by atoms with Crippen LogP contribution < -0.4 is 14.8 Å². The molecule has 0 atom stereocenters. The second kappa shape index (κ2) is 10.6. The summed E-state index contributed by atoms with van der Waals surface area (Å²) in [5, 5.41) is 12.9. The number of carbonyl (C=O) groups excluding carboxylic acids is 1. The molecule has 9 heteroatoms. The van der Waals surface area contributed by atoms with Gasteiger partial charge in [-0.15, -0.1) is 10.2 Å². The number of benzene rings is 3. The molecule has 174 valence electrons. The van der Waals surface area contributed by atoms with Crippen molar-refractivity contribution in [1.82, 2.24) is 14.8 Å². The summed E-state index contributed by atoms with van der Waals surface area (Å²) < 4.78 is 12.5. The minimum absolute atomic E-state index is 0.134. The number of nitrogens with one attached hydrogen (secondary N) is 1. The van der Waals surface area contributed by atoms with Gasteiger partial charge in [-0.3, -0.25) is 9.36 Å². The summed E-state index contributed by atoms with van der Waals surface area (Å²) >= 11 is 7.39. The van der Waals surface area contributed by atoms with Gasteiger partial charge in [0, 0.05) is 22.3 Å². The summed E-state index contributed by atoms with van der Waals surface area (Å²) in [5.41, 5.74) is 3.46. The number of aryl methyl sites for hydroxylation is 1. The lowest BCUT2D eigenvalue weighted by Gasteiger charge is -2.12. The van der Waals surface area contributed by atoms with Crippen molar-refractivity contribution in [3.05, 3.63) is 77.3 Å². The van der Waals surface area contributed by atoms with Gasteiger partial charge in [0.05, 0.1) is 25.7 Å². The first-order valence-corrected chi connectivity index (χ1v) is 11.8. The molecule has 4 aromatic rings. The molecule has 0 saturated heterocycles. The number of halogens is 1. The van der Waals surface area contributed by atoms with E-state index in [0.717, 1.165) is 16.8 Å². The molecule has 0 unspecified atom stereocenters. The van der Waals surface area contributed by atoms with Crippen LogP contribution in [0.5, 0.6) is 11.5 Å². The van der Waals surface area contributed by atoms with Crippen LogP contribution in [0, 0.1) is 6.92 Å². The number of aromatic nitrogens is 3. The SMILES string of the molecule is COc1ccc(NC(=O)CSc2nnc(-c3cccc(C)c3)n2-c2ccc(Cl)cc2)c(OC)c1. The molecule has 1 heterocycles. The van der Waals surface area contributed by atoms with Gasteiger partial charge in [-0.25, -0.2) is 0 Å². The molecule has 34 heavy (non-hydrogen) atoms. The highest BCUT2D eigenvalue weighted by Crippen LogP contribution is 2.31. The molecule has 0 spiro atoms. The summed E-state index contributed by atoms with van der Waals surface area (Å²) in [7, 11) is 3.12. The lowest BCUT2D eigenvalue weighted by atomic mass is 10.1. The highest BCUT2D eigenvalue weighted by Gasteiger charge is 2.18. The Kier molecular flexibility index (Phi) is 7.40. The van der Waals surface area contributed by atoms with Crippen molar-refractivity contribution in [2.75, 3.05) is 25.3 Å². The molecule has 0 aliphatic rings. The van der Waals surface area contributed by atoms with Crippen molar-refractivity contribution in [1.29, 1.82) is 0 Å². The Morgan fingerprint density at radius 2 is 1.82 bits per heavy atom. The van der Waals surface area contributed by atoms with Gasteiger partial charge in [-0.1, -0.05) is 47.1 Å². The van der Waals surface area contributed by atoms with Crippen molar-refractivity contribution in [2.45, 2.75) is 12.1 Å². The topological polar surface area (TPSA) is 78.3 Å². The van der Waals surface area contributed by atoms with Gasteiger partial charge < -0.3 is 14.8 Å². The maximum Gasteiger partial charge on any atom is 0.234 e. The van der Waals surface area contributed by atoms with E-state index in [4.69, 9.17) is 21.1 Å². The van der Waals surface area contributed by atoms with E-state index in [9.17, 15) is 4.79 Å². The number of methoxy groups -OCH3 is 2. The standard InChI is InChI=1S/C25H23ClN4O3S/c1-16-5-4-6-17(13-16)24-28-29-25(30(24)19-9-7-18(26)8-10-19)34-15-23(31)27-21-12-11-20(32-2)14-22(21)33-3/h4-14H,15H2,1-3H3,(H,27,31). The molecule has 1 aromatic heterocycles. The van der Waals surface area contributed by atoms with E-state index < -0.39 is 0 Å². The number of nitrogens with zero attached hydrogens (tertiary/aromatic N) is 3. The summed E-state index contributed by atoms with van der Waals surface area (Å²) in [6, 6.07) is 20.7. The Balaban J connectivity index is 1.58. The third-order valence-corrected chi connectivity index (χ3v) is 6.19. The zero-order valence-corrected chi connectivity index (χ0v) is 20.5. The van der Waals surface area contributed by atoms with Crippen LogP contribution in [0.15, 0.2) is 71.9 Å². The molecule has 1 amide bonds. The molecule has 4 rings (SSSR count). The zero-order valence-electron chi connectivity index (χ0n) is 18.9. The molecule has 0 radical (unpaired) electrons. The molecule has 0 saturated carbocycles. The first-order chi connectivity index (χ1) is 16.5. The quantitative estimate of drug-likeness (QED) is 0.319. The average Bonchev–Trinajstić information content (AvgIpc) is 3.27. The maximum absolute atomic E-state index is 12.7. The minimum Gasteiger partial charge on any atom is -0.497 e. The first kappa shape index (κ1) is 23.7. The number of hydrogen-bond acceptors (Lipinski definition) is 6. The van der Waals surface area contributed by atoms with Crippen molar-refractivity contribution in [3.8, 4) is 28.6 Å². The van der Waals surface area contributed by atoms with E-state index in [-0.39, 0.29) is 11.7 Å². The number of anilines is 1. The molecule has 0 fully saturated rings. The van der Waals surface area contributed by atoms with Crippen molar-refractivity contribution >= 4 is 35.0 Å². The van der Waals surface area contributed by atoms with E-state index in [1.54, 1.807) is 32.4 Å². The highest BCUT2D eigenvalue weighted by molar-refractivity contribution is 7.99. The summed E-state index contributed by atoms with van der Waals surface area (Å²) in [6.07, 6.45) is 0. The average molecular weight is 495 g/mol. The molecular formula is C25H23ClN4O3S. The van der Waals surface area contributed by atoms with E-state index in [0.29, 0.717) is 33.2 Å². The predicted molar refractivity (Wildman–Crippen MR) is 135 cm³/mol. The van der Waals surface area contributed by atoms with Gasteiger partial charge in [0.2, 0.25) is 5.91 Å². The van der Waals surface area contributed by atoms with Crippen LogP contribution in [0.3, 0.4) is 0 Å². The smallest absolute Gasteiger partial charge is 0.234 e. The molecule has 0 aliphatic heterocycles. The van der Waals surface area contributed by atoms with Crippen molar-refractivity contribution < 1.29 is 14.3 Å². The van der Waals surface area contributed by atoms with E-state index >= 15 is 0 Å². The number of hydrogen-bond donors (Lipinski definition) is 1. The van der Waals surface area contributed by atoms with Crippen molar-refractivity contribution in [3.63, 3.8) is 0 Å². The van der Waals surface area contributed by atoms with E-state index in [1.165, 1.54) is 11.8 Å². The summed E-state index contributed by atoms with van der Waals surface area (Å²) in [5.74, 6) is 1.78. The fourth-order valence-corrected chi connectivity index (χ4v) is 4.25. The van der Waals surface area contributed by atoms with Gasteiger partial charge in [0.15, 0.2) is 11.0 Å². The van der Waals surface area contributed by atoms with Crippen LogP contribution in [-0.4, -0.2) is 40.6 Å². The van der Waals surface area contributed by atoms with Crippen LogP contribution in [0.1, 0.15) is 5.56 Å². The number of rotatable bonds is 8. The lowest BCUT2D eigenvalue weighted by Crippen LogP contribution is -2.15. The first-order valence-electron chi connectivity index (χ1n) is 10.4. The Morgan fingerprint density at radius 1 is 1.03 bits per heavy atom. The van der Waals surface area contributed by atoms with Gasteiger partial charge in [-0.2, -0.15) is 0 Å². The molecule has 0 bridgehead atoms. The molecule has 3 aromatic carbocycles. The molecular weight excluding hydrogens is 472 g/mol. The second-order valence-corrected chi connectivity index (χ2v) is 8.77. The zero-order chi connectivity index (χ0) is 24.1. The van der Waals surface area contributed by atoms with Crippen LogP contribution in [-0.2, 0) is 4.79 Å². The highest BCUT2D eigenvalue weighted by atomic mass is 35.5. The van der Waals surface area contributed by atoms with Crippen LogP contribution in [0.25, 0.3) is 17.1 Å². The summed E-state index contributed by atoms with van der Waals surface area (Å²) in [4.78, 5) is 12.7. The molecule has 7 nitrogen and oxygen atoms in total. The Labute approximate surface area is 207 Å². The Morgan fingerprint density at radius 3 is 2.53 bits per heavy atom. The molecule has 0 aliphatic carbocycles.